The molecule has 1 heterocycles. The zero-order valence-corrected chi connectivity index (χ0v) is 12.6. The van der Waals surface area contributed by atoms with Gasteiger partial charge in [0.25, 0.3) is 0 Å². The molecule has 0 bridgehead atoms. The molecule has 0 saturated heterocycles. The highest BCUT2D eigenvalue weighted by molar-refractivity contribution is 5.89. The lowest BCUT2D eigenvalue weighted by atomic mass is 9.81. The molecular formula is C17H15N3O2. The van der Waals surface area contributed by atoms with Gasteiger partial charge in [-0.1, -0.05) is 12.1 Å². The summed E-state index contributed by atoms with van der Waals surface area (Å²) in [5.41, 5.74) is 3.49. The SMILES string of the molecule is COC(=O)c1cccc(C2C(C#N)=C(C)NC(C)=C2C#N)c1. The first-order chi connectivity index (χ1) is 10.5. The van der Waals surface area contributed by atoms with Crippen molar-refractivity contribution in [1.29, 1.82) is 10.5 Å². The van der Waals surface area contributed by atoms with E-state index < -0.39 is 11.9 Å². The maximum absolute atomic E-state index is 11.7. The molecule has 110 valence electrons. The van der Waals surface area contributed by atoms with Crippen LogP contribution in [0.15, 0.2) is 46.8 Å². The van der Waals surface area contributed by atoms with Crippen LogP contribution in [-0.2, 0) is 4.74 Å². The lowest BCUT2D eigenvalue weighted by Gasteiger charge is -2.26. The number of hydrogen-bond acceptors (Lipinski definition) is 5. The number of nitrogens with zero attached hydrogens (tertiary/aromatic N) is 2. The third-order valence-corrected chi connectivity index (χ3v) is 3.64. The Morgan fingerprint density at radius 2 is 1.77 bits per heavy atom. The first kappa shape index (κ1) is 15.3. The number of dihydropyridines is 1. The molecule has 1 aromatic carbocycles. The van der Waals surface area contributed by atoms with Crippen LogP contribution in [0.3, 0.4) is 0 Å². The predicted molar refractivity (Wildman–Crippen MR) is 80.3 cm³/mol. The average molecular weight is 293 g/mol. The van der Waals surface area contributed by atoms with E-state index in [2.05, 4.69) is 17.5 Å². The second kappa shape index (κ2) is 6.15. The molecule has 1 aliphatic heterocycles. The van der Waals surface area contributed by atoms with Gasteiger partial charge in [-0.2, -0.15) is 10.5 Å². The van der Waals surface area contributed by atoms with Crippen LogP contribution in [0.25, 0.3) is 0 Å². The molecule has 0 saturated carbocycles. The van der Waals surface area contributed by atoms with Crippen LogP contribution in [0.4, 0.5) is 0 Å². The highest BCUT2D eigenvalue weighted by atomic mass is 16.5. The molecule has 1 aromatic rings. The fraction of sp³-hybridized carbons (Fsp3) is 0.235. The van der Waals surface area contributed by atoms with Crippen LogP contribution in [0, 0.1) is 22.7 Å². The number of rotatable bonds is 2. The summed E-state index contributed by atoms with van der Waals surface area (Å²) in [7, 11) is 1.31. The number of benzene rings is 1. The van der Waals surface area contributed by atoms with E-state index in [1.807, 2.05) is 0 Å². The topological polar surface area (TPSA) is 85.9 Å². The zero-order chi connectivity index (χ0) is 16.3. The highest BCUT2D eigenvalue weighted by Gasteiger charge is 2.29. The molecule has 5 nitrogen and oxygen atoms in total. The van der Waals surface area contributed by atoms with Gasteiger partial charge in [0.2, 0.25) is 0 Å². The van der Waals surface area contributed by atoms with Gasteiger partial charge in [0.15, 0.2) is 0 Å². The molecule has 2 rings (SSSR count). The van der Waals surface area contributed by atoms with Crippen LogP contribution < -0.4 is 5.32 Å². The minimum absolute atomic E-state index is 0.392. The summed E-state index contributed by atoms with van der Waals surface area (Å²) in [5.74, 6) is -0.921. The van der Waals surface area contributed by atoms with Gasteiger partial charge >= 0.3 is 5.97 Å². The number of carbonyl (C=O) groups excluding carboxylic acids is 1. The second-order valence-electron chi connectivity index (χ2n) is 4.98. The maximum Gasteiger partial charge on any atom is 0.337 e. The van der Waals surface area contributed by atoms with Crippen LogP contribution in [-0.4, -0.2) is 13.1 Å². The van der Waals surface area contributed by atoms with Crippen molar-refractivity contribution in [2.24, 2.45) is 0 Å². The molecule has 22 heavy (non-hydrogen) atoms. The quantitative estimate of drug-likeness (QED) is 0.847. The Morgan fingerprint density at radius 1 is 1.18 bits per heavy atom. The average Bonchev–Trinajstić information content (AvgIpc) is 2.53. The number of nitriles is 2. The molecule has 0 atom stereocenters. The van der Waals surface area contributed by atoms with E-state index in [1.54, 1.807) is 38.1 Å². The van der Waals surface area contributed by atoms with Crippen LogP contribution >= 0.6 is 0 Å². The van der Waals surface area contributed by atoms with Crippen LogP contribution in [0.5, 0.6) is 0 Å². The van der Waals surface area contributed by atoms with Crippen molar-refractivity contribution in [3.05, 3.63) is 57.9 Å². The van der Waals surface area contributed by atoms with Gasteiger partial charge in [-0.25, -0.2) is 4.79 Å². The Hall–Kier alpha value is -3.05. The van der Waals surface area contributed by atoms with Crippen molar-refractivity contribution in [3.8, 4) is 12.1 Å². The Kier molecular flexibility index (Phi) is 4.29. The minimum Gasteiger partial charge on any atom is -0.465 e. The lowest BCUT2D eigenvalue weighted by molar-refractivity contribution is 0.0600. The fourth-order valence-electron chi connectivity index (χ4n) is 2.59. The van der Waals surface area contributed by atoms with Crippen LogP contribution in [0.2, 0.25) is 0 Å². The summed E-state index contributed by atoms with van der Waals surface area (Å²) in [5, 5.41) is 21.9. The standard InChI is InChI=1S/C17H15N3O2/c1-10-14(8-18)16(15(9-19)11(2)20-10)12-5-4-6-13(7-12)17(21)22-3/h4-7,16,20H,1-3H3. The highest BCUT2D eigenvalue weighted by Crippen LogP contribution is 2.37. The van der Waals surface area contributed by atoms with Crippen molar-refractivity contribution < 1.29 is 9.53 Å². The fourth-order valence-corrected chi connectivity index (χ4v) is 2.59. The monoisotopic (exact) mass is 293 g/mol. The molecular weight excluding hydrogens is 278 g/mol. The normalized spacial score (nSPS) is 15.0. The second-order valence-corrected chi connectivity index (χ2v) is 4.98. The van der Waals surface area contributed by atoms with Crippen molar-refractivity contribution in [2.75, 3.05) is 7.11 Å². The van der Waals surface area contributed by atoms with Gasteiger partial charge in [0.05, 0.1) is 41.9 Å². The van der Waals surface area contributed by atoms with Gasteiger partial charge in [0.1, 0.15) is 0 Å². The summed E-state index contributed by atoms with van der Waals surface area (Å²) in [6.45, 7) is 3.60. The van der Waals surface area contributed by atoms with E-state index in [4.69, 9.17) is 4.74 Å². The first-order valence-electron chi connectivity index (χ1n) is 6.70. The number of hydrogen-bond donors (Lipinski definition) is 1. The van der Waals surface area contributed by atoms with E-state index in [-0.39, 0.29) is 0 Å². The first-order valence-corrected chi connectivity index (χ1v) is 6.70. The summed E-state index contributed by atoms with van der Waals surface area (Å²) in [6, 6.07) is 11.2. The largest absolute Gasteiger partial charge is 0.465 e. The summed E-state index contributed by atoms with van der Waals surface area (Å²) < 4.78 is 4.72. The molecule has 1 N–H and O–H groups in total. The summed E-state index contributed by atoms with van der Waals surface area (Å²) in [4.78, 5) is 11.7. The molecule has 0 radical (unpaired) electrons. The number of methoxy groups -OCH3 is 1. The predicted octanol–water partition coefficient (Wildman–Crippen LogP) is 2.76. The van der Waals surface area contributed by atoms with Crippen LogP contribution in [0.1, 0.15) is 35.7 Å². The number of carbonyl (C=O) groups is 1. The summed E-state index contributed by atoms with van der Waals surface area (Å²) in [6.07, 6.45) is 0. The van der Waals surface area contributed by atoms with Gasteiger partial charge < -0.3 is 10.1 Å². The Balaban J connectivity index is 2.62. The lowest BCUT2D eigenvalue weighted by Crippen LogP contribution is -2.23. The van der Waals surface area contributed by atoms with Gasteiger partial charge in [-0.15, -0.1) is 0 Å². The maximum atomic E-state index is 11.7. The van der Waals surface area contributed by atoms with E-state index in [0.717, 1.165) is 5.56 Å². The Morgan fingerprint density at radius 3 is 2.27 bits per heavy atom. The van der Waals surface area contributed by atoms with E-state index in [0.29, 0.717) is 28.1 Å². The number of esters is 1. The third kappa shape index (κ3) is 2.57. The minimum atomic E-state index is -0.471. The van der Waals surface area contributed by atoms with E-state index >= 15 is 0 Å². The van der Waals surface area contributed by atoms with Crippen molar-refractivity contribution >= 4 is 5.97 Å². The third-order valence-electron chi connectivity index (χ3n) is 3.64. The molecule has 0 spiro atoms. The number of nitrogens with one attached hydrogen (secondary N) is 1. The zero-order valence-electron chi connectivity index (χ0n) is 12.6. The molecule has 0 fully saturated rings. The van der Waals surface area contributed by atoms with E-state index in [9.17, 15) is 15.3 Å². The Labute approximate surface area is 129 Å². The van der Waals surface area contributed by atoms with Crippen molar-refractivity contribution in [3.63, 3.8) is 0 Å². The van der Waals surface area contributed by atoms with Crippen molar-refractivity contribution in [1.82, 2.24) is 5.32 Å². The van der Waals surface area contributed by atoms with Crippen molar-refractivity contribution in [2.45, 2.75) is 19.8 Å². The van der Waals surface area contributed by atoms with Gasteiger partial charge in [0, 0.05) is 11.4 Å². The van der Waals surface area contributed by atoms with Gasteiger partial charge in [-0.3, -0.25) is 0 Å². The van der Waals surface area contributed by atoms with E-state index in [1.165, 1.54) is 7.11 Å². The molecule has 1 aliphatic rings. The molecule has 0 amide bonds. The summed E-state index contributed by atoms with van der Waals surface area (Å²) >= 11 is 0. The molecule has 0 aliphatic carbocycles. The molecule has 0 unspecified atom stereocenters. The molecule has 5 heteroatoms. The Bertz CT molecular complexity index is 740. The van der Waals surface area contributed by atoms with Gasteiger partial charge in [-0.05, 0) is 31.5 Å². The number of ether oxygens (including phenoxy) is 1. The number of allylic oxidation sites excluding steroid dienone is 4. The molecule has 0 aromatic heterocycles. The smallest absolute Gasteiger partial charge is 0.337 e.